The van der Waals surface area contributed by atoms with Gasteiger partial charge in [-0.3, -0.25) is 14.5 Å². The fourth-order valence-corrected chi connectivity index (χ4v) is 5.57. The van der Waals surface area contributed by atoms with Crippen LogP contribution in [0.25, 0.3) is 22.5 Å². The number of piperazine rings is 1. The lowest BCUT2D eigenvalue weighted by molar-refractivity contribution is -0.148. The number of amides is 1. The van der Waals surface area contributed by atoms with E-state index in [2.05, 4.69) is 27.1 Å². The van der Waals surface area contributed by atoms with Crippen LogP contribution in [0, 0.1) is 20.8 Å². The number of H-pyrrole nitrogens is 1. The minimum absolute atomic E-state index is 0.0724. The first-order valence-corrected chi connectivity index (χ1v) is 14.1. The SMILES string of the molecule is C=C(c1c(C)c(C(=O)NCc2c(OC)cc(C)[nH]c2=O)cc2c(-c3ccc(C)nn3)ccn12)N1CCN(CC(F)(F)F)CC1. The molecule has 4 aromatic rings. The van der Waals surface area contributed by atoms with Crippen LogP contribution in [0.5, 0.6) is 5.75 Å². The molecule has 0 spiro atoms. The lowest BCUT2D eigenvalue weighted by Crippen LogP contribution is -2.48. The van der Waals surface area contributed by atoms with Crippen molar-refractivity contribution in [3.63, 3.8) is 0 Å². The normalized spacial score (nSPS) is 14.2. The molecule has 0 aliphatic carbocycles. The van der Waals surface area contributed by atoms with E-state index in [9.17, 15) is 22.8 Å². The second kappa shape index (κ2) is 12.2. The molecule has 0 atom stereocenters. The smallest absolute Gasteiger partial charge is 0.401 e. The highest BCUT2D eigenvalue weighted by molar-refractivity contribution is 5.99. The van der Waals surface area contributed by atoms with Gasteiger partial charge >= 0.3 is 6.18 Å². The fraction of sp³-hybridized carbons (Fsp3) is 0.355. The summed E-state index contributed by atoms with van der Waals surface area (Å²) in [6, 6.07) is 9.02. The second-order valence-corrected chi connectivity index (χ2v) is 10.9. The molecule has 5 heterocycles. The molecule has 0 unspecified atom stereocenters. The van der Waals surface area contributed by atoms with Gasteiger partial charge in [-0.2, -0.15) is 23.4 Å². The Bertz CT molecular complexity index is 1770. The van der Waals surface area contributed by atoms with Crippen LogP contribution >= 0.6 is 0 Å². The van der Waals surface area contributed by atoms with Crippen molar-refractivity contribution in [2.75, 3.05) is 39.8 Å². The van der Waals surface area contributed by atoms with Gasteiger partial charge in [-0.25, -0.2) is 0 Å². The van der Waals surface area contributed by atoms with Crippen LogP contribution in [0.3, 0.4) is 0 Å². The number of carbonyl (C=O) groups excluding carboxylic acids is 1. The number of aromatic nitrogens is 4. The van der Waals surface area contributed by atoms with Gasteiger partial charge in [0.1, 0.15) is 5.75 Å². The summed E-state index contributed by atoms with van der Waals surface area (Å²) in [5, 5.41) is 11.4. The molecule has 0 aromatic carbocycles. The zero-order chi connectivity index (χ0) is 31.8. The van der Waals surface area contributed by atoms with Gasteiger partial charge in [0.05, 0.1) is 54.1 Å². The maximum absolute atomic E-state index is 13.7. The first kappa shape index (κ1) is 30.8. The number of carbonyl (C=O) groups is 1. The molecule has 44 heavy (non-hydrogen) atoms. The van der Waals surface area contributed by atoms with E-state index < -0.39 is 18.6 Å². The average molecular weight is 610 g/mol. The van der Waals surface area contributed by atoms with E-state index in [0.29, 0.717) is 58.3 Å². The minimum atomic E-state index is -4.27. The number of aryl methyl sites for hydroxylation is 2. The number of fused-ring (bicyclic) bond motifs is 1. The summed E-state index contributed by atoms with van der Waals surface area (Å²) in [4.78, 5) is 32.4. The van der Waals surface area contributed by atoms with E-state index in [1.54, 1.807) is 26.0 Å². The standard InChI is InChI=1S/C31H34F3N7O3/c1-18-6-7-25(38-37-18)22-8-9-41-26(22)15-23(29(42)35-16-24-27(44-5)14-19(2)36-30(24)43)20(3)28(41)21(4)40-12-10-39(11-13-40)17-31(32,33)34/h6-9,14-15H,4,10-13,16-17H2,1-3,5H3,(H,35,42)(H,36,43). The van der Waals surface area contributed by atoms with Gasteiger partial charge in [-0.05, 0) is 56.7 Å². The molecule has 1 amide bonds. The first-order chi connectivity index (χ1) is 20.9. The second-order valence-electron chi connectivity index (χ2n) is 10.9. The Kier molecular flexibility index (Phi) is 8.51. The highest BCUT2D eigenvalue weighted by Crippen LogP contribution is 2.33. The molecule has 2 N–H and O–H groups in total. The Morgan fingerprint density at radius 2 is 1.82 bits per heavy atom. The highest BCUT2D eigenvalue weighted by Gasteiger charge is 2.33. The molecule has 0 radical (unpaired) electrons. The van der Waals surface area contributed by atoms with Crippen molar-refractivity contribution in [3.8, 4) is 17.0 Å². The van der Waals surface area contributed by atoms with Crippen LogP contribution in [0.4, 0.5) is 13.2 Å². The highest BCUT2D eigenvalue weighted by atomic mass is 19.4. The Hall–Kier alpha value is -4.65. The number of ether oxygens (including phenoxy) is 1. The van der Waals surface area contributed by atoms with E-state index in [0.717, 1.165) is 11.3 Å². The average Bonchev–Trinajstić information content (AvgIpc) is 3.39. The first-order valence-electron chi connectivity index (χ1n) is 14.1. The topological polar surface area (TPSA) is 108 Å². The molecule has 1 saturated heterocycles. The summed E-state index contributed by atoms with van der Waals surface area (Å²) in [6.07, 6.45) is -2.41. The molecule has 5 rings (SSSR count). The van der Waals surface area contributed by atoms with Crippen molar-refractivity contribution in [1.82, 2.24) is 34.7 Å². The third kappa shape index (κ3) is 6.32. The van der Waals surface area contributed by atoms with Crippen molar-refractivity contribution >= 4 is 17.1 Å². The number of alkyl halides is 3. The summed E-state index contributed by atoms with van der Waals surface area (Å²) in [7, 11) is 1.46. The molecule has 13 heteroatoms. The van der Waals surface area contributed by atoms with E-state index in [1.165, 1.54) is 12.0 Å². The molecule has 1 fully saturated rings. The van der Waals surface area contributed by atoms with Crippen LogP contribution in [-0.2, 0) is 6.54 Å². The van der Waals surface area contributed by atoms with Gasteiger partial charge in [0, 0.05) is 49.2 Å². The van der Waals surface area contributed by atoms with Crippen LogP contribution in [0.1, 0.15) is 38.6 Å². The lowest BCUT2D eigenvalue weighted by Gasteiger charge is -2.37. The van der Waals surface area contributed by atoms with Crippen LogP contribution in [-0.4, -0.2) is 81.3 Å². The maximum Gasteiger partial charge on any atom is 0.401 e. The number of methoxy groups -OCH3 is 1. The summed E-state index contributed by atoms with van der Waals surface area (Å²) in [5.41, 5.74) is 5.55. The van der Waals surface area contributed by atoms with Gasteiger partial charge in [0.2, 0.25) is 0 Å². The predicted octanol–water partition coefficient (Wildman–Crippen LogP) is 4.10. The van der Waals surface area contributed by atoms with Crippen molar-refractivity contribution in [2.45, 2.75) is 33.5 Å². The summed E-state index contributed by atoms with van der Waals surface area (Å²) in [6.45, 7) is 9.83. The fourth-order valence-electron chi connectivity index (χ4n) is 5.57. The molecular weight excluding hydrogens is 575 g/mol. The third-order valence-corrected chi connectivity index (χ3v) is 7.83. The van der Waals surface area contributed by atoms with Crippen molar-refractivity contribution in [1.29, 1.82) is 0 Å². The minimum Gasteiger partial charge on any atom is -0.496 e. The summed E-state index contributed by atoms with van der Waals surface area (Å²) < 4.78 is 46.2. The largest absolute Gasteiger partial charge is 0.496 e. The number of hydrogen-bond donors (Lipinski definition) is 2. The van der Waals surface area contributed by atoms with E-state index in [-0.39, 0.29) is 30.8 Å². The number of aromatic amines is 1. The molecule has 1 aliphatic heterocycles. The van der Waals surface area contributed by atoms with Gasteiger partial charge in [-0.1, -0.05) is 6.58 Å². The van der Waals surface area contributed by atoms with Crippen LogP contribution in [0.15, 0.2) is 47.9 Å². The van der Waals surface area contributed by atoms with Crippen molar-refractivity contribution < 1.29 is 22.7 Å². The lowest BCUT2D eigenvalue weighted by atomic mass is 10.0. The molecular formula is C31H34F3N7O3. The third-order valence-electron chi connectivity index (χ3n) is 7.83. The predicted molar refractivity (Wildman–Crippen MR) is 161 cm³/mol. The quantitative estimate of drug-likeness (QED) is 0.310. The van der Waals surface area contributed by atoms with Gasteiger partial charge < -0.3 is 24.3 Å². The Labute approximate surface area is 252 Å². The Morgan fingerprint density at radius 3 is 2.45 bits per heavy atom. The van der Waals surface area contributed by atoms with Gasteiger partial charge in [-0.15, -0.1) is 0 Å². The number of nitrogens with zero attached hydrogens (tertiary/aromatic N) is 5. The summed E-state index contributed by atoms with van der Waals surface area (Å²) >= 11 is 0. The molecule has 232 valence electrons. The van der Waals surface area contributed by atoms with Crippen LogP contribution < -0.4 is 15.6 Å². The van der Waals surface area contributed by atoms with E-state index in [1.807, 2.05) is 40.6 Å². The van der Waals surface area contributed by atoms with Crippen LogP contribution in [0.2, 0.25) is 0 Å². The molecule has 0 saturated carbocycles. The number of nitrogens with one attached hydrogen (secondary N) is 2. The Morgan fingerprint density at radius 1 is 1.09 bits per heavy atom. The zero-order valence-electron chi connectivity index (χ0n) is 25.0. The molecule has 0 bridgehead atoms. The van der Waals surface area contributed by atoms with Crippen molar-refractivity contribution in [2.24, 2.45) is 0 Å². The van der Waals surface area contributed by atoms with E-state index >= 15 is 0 Å². The van der Waals surface area contributed by atoms with Gasteiger partial charge in [0.25, 0.3) is 11.5 Å². The maximum atomic E-state index is 13.7. The van der Waals surface area contributed by atoms with Gasteiger partial charge in [0.15, 0.2) is 0 Å². The molecule has 10 nitrogen and oxygen atoms in total. The Balaban J connectivity index is 1.53. The number of halogens is 3. The summed E-state index contributed by atoms with van der Waals surface area (Å²) in [5.74, 6) is -0.0532. The molecule has 1 aliphatic rings. The zero-order valence-corrected chi connectivity index (χ0v) is 25.0. The number of rotatable bonds is 8. The number of pyridine rings is 2. The van der Waals surface area contributed by atoms with Crippen molar-refractivity contribution in [3.05, 3.63) is 87.2 Å². The molecule has 4 aromatic heterocycles. The number of hydrogen-bond acceptors (Lipinski definition) is 7. The van der Waals surface area contributed by atoms with E-state index in [4.69, 9.17) is 4.74 Å². The monoisotopic (exact) mass is 609 g/mol.